The zero-order valence-corrected chi connectivity index (χ0v) is 17.7. The summed E-state index contributed by atoms with van der Waals surface area (Å²) in [6, 6.07) is 0. The Kier molecular flexibility index (Phi) is 20.2. The third-order valence-corrected chi connectivity index (χ3v) is 4.85. The summed E-state index contributed by atoms with van der Waals surface area (Å²) in [4.78, 5) is 11.6. The van der Waals surface area contributed by atoms with Crippen molar-refractivity contribution in [1.29, 1.82) is 0 Å². The Bertz CT molecular complexity index is 296. The maximum atomic E-state index is 11.6. The molecular formula is C22H46N2O2. The van der Waals surface area contributed by atoms with Crippen LogP contribution < -0.4 is 10.6 Å². The van der Waals surface area contributed by atoms with Gasteiger partial charge in [0.2, 0.25) is 5.91 Å². The van der Waals surface area contributed by atoms with E-state index in [9.17, 15) is 4.79 Å². The molecule has 0 saturated carbocycles. The summed E-state index contributed by atoms with van der Waals surface area (Å²) in [5.41, 5.74) is 0. The number of hydrogen-bond donors (Lipinski definition) is 3. The van der Waals surface area contributed by atoms with Crippen molar-refractivity contribution >= 4 is 5.91 Å². The monoisotopic (exact) mass is 370 g/mol. The minimum absolute atomic E-state index is 0.145. The lowest BCUT2D eigenvalue weighted by molar-refractivity contribution is -0.121. The molecule has 0 aromatic heterocycles. The van der Waals surface area contributed by atoms with E-state index in [2.05, 4.69) is 24.5 Å². The van der Waals surface area contributed by atoms with Crippen molar-refractivity contribution < 1.29 is 9.90 Å². The van der Waals surface area contributed by atoms with E-state index < -0.39 is 0 Å². The largest absolute Gasteiger partial charge is 0.395 e. The average Bonchev–Trinajstić information content (AvgIpc) is 2.61. The van der Waals surface area contributed by atoms with Crippen molar-refractivity contribution in [3.05, 3.63) is 0 Å². The van der Waals surface area contributed by atoms with Gasteiger partial charge in [-0.05, 0) is 12.3 Å². The summed E-state index contributed by atoms with van der Waals surface area (Å²) in [5.74, 6) is 1.02. The third kappa shape index (κ3) is 21.4. The van der Waals surface area contributed by atoms with E-state index in [-0.39, 0.29) is 12.5 Å². The standard InChI is InChI=1S/C22H46N2O2/c1-21(2)15-13-11-9-7-5-3-4-6-8-10-12-14-16-22(26)24-18-17-23-19-20-25/h21,23,25H,3-20H2,1-2H3,(H,24,26). The SMILES string of the molecule is CC(C)CCCCCCCCCCCCCCC(=O)NCCNCCO. The molecular weight excluding hydrogens is 324 g/mol. The van der Waals surface area contributed by atoms with Crippen LogP contribution in [0.25, 0.3) is 0 Å². The van der Waals surface area contributed by atoms with Crippen LogP contribution in [0.3, 0.4) is 0 Å². The summed E-state index contributed by atoms with van der Waals surface area (Å²) in [7, 11) is 0. The molecule has 0 rings (SSSR count). The van der Waals surface area contributed by atoms with Crippen LogP contribution in [0.1, 0.15) is 104 Å². The second-order valence-corrected chi connectivity index (χ2v) is 8.00. The van der Waals surface area contributed by atoms with E-state index in [1.165, 1.54) is 77.0 Å². The van der Waals surface area contributed by atoms with Crippen LogP contribution in [0.4, 0.5) is 0 Å². The molecule has 0 heterocycles. The van der Waals surface area contributed by atoms with Gasteiger partial charge >= 0.3 is 0 Å². The molecule has 0 aromatic carbocycles. The molecule has 0 aromatic rings. The van der Waals surface area contributed by atoms with Crippen molar-refractivity contribution in [2.24, 2.45) is 5.92 Å². The second kappa shape index (κ2) is 20.7. The predicted molar refractivity (Wildman–Crippen MR) is 112 cm³/mol. The molecule has 26 heavy (non-hydrogen) atoms. The van der Waals surface area contributed by atoms with Crippen molar-refractivity contribution in [3.8, 4) is 0 Å². The normalized spacial score (nSPS) is 11.2. The van der Waals surface area contributed by atoms with Crippen molar-refractivity contribution in [3.63, 3.8) is 0 Å². The van der Waals surface area contributed by atoms with Gasteiger partial charge in [0, 0.05) is 26.1 Å². The topological polar surface area (TPSA) is 61.4 Å². The zero-order chi connectivity index (χ0) is 19.3. The van der Waals surface area contributed by atoms with E-state index in [4.69, 9.17) is 5.11 Å². The lowest BCUT2D eigenvalue weighted by Gasteiger charge is -2.06. The zero-order valence-electron chi connectivity index (χ0n) is 17.7. The molecule has 0 spiro atoms. The molecule has 0 aliphatic heterocycles. The van der Waals surface area contributed by atoms with Gasteiger partial charge in [0.1, 0.15) is 0 Å². The molecule has 0 saturated heterocycles. The van der Waals surface area contributed by atoms with E-state index in [1.54, 1.807) is 0 Å². The Morgan fingerprint density at radius 3 is 1.73 bits per heavy atom. The predicted octanol–water partition coefficient (Wildman–Crippen LogP) is 4.80. The van der Waals surface area contributed by atoms with E-state index in [0.29, 0.717) is 19.5 Å². The Morgan fingerprint density at radius 1 is 0.731 bits per heavy atom. The number of hydrogen-bond acceptors (Lipinski definition) is 3. The number of carbonyl (C=O) groups is 1. The van der Waals surface area contributed by atoms with Gasteiger partial charge in [0.05, 0.1) is 6.61 Å². The minimum atomic E-state index is 0.145. The highest BCUT2D eigenvalue weighted by Crippen LogP contribution is 2.14. The highest BCUT2D eigenvalue weighted by atomic mass is 16.3. The van der Waals surface area contributed by atoms with Crippen molar-refractivity contribution in [1.82, 2.24) is 10.6 Å². The van der Waals surface area contributed by atoms with Crippen LogP contribution in [0, 0.1) is 5.92 Å². The van der Waals surface area contributed by atoms with Gasteiger partial charge in [-0.1, -0.05) is 90.9 Å². The summed E-state index contributed by atoms with van der Waals surface area (Å²) < 4.78 is 0. The van der Waals surface area contributed by atoms with Crippen LogP contribution in [0.5, 0.6) is 0 Å². The quantitative estimate of drug-likeness (QED) is 0.270. The molecule has 0 fully saturated rings. The highest BCUT2D eigenvalue weighted by Gasteiger charge is 2.00. The van der Waals surface area contributed by atoms with Gasteiger partial charge in [0.25, 0.3) is 0 Å². The van der Waals surface area contributed by atoms with Gasteiger partial charge in [0.15, 0.2) is 0 Å². The Balaban J connectivity index is 3.11. The first-order valence-electron chi connectivity index (χ1n) is 11.2. The second-order valence-electron chi connectivity index (χ2n) is 8.00. The number of carbonyl (C=O) groups excluding carboxylic acids is 1. The Hall–Kier alpha value is -0.610. The number of rotatable bonds is 20. The third-order valence-electron chi connectivity index (χ3n) is 4.85. The number of aliphatic hydroxyl groups is 1. The number of amides is 1. The van der Waals surface area contributed by atoms with E-state index >= 15 is 0 Å². The smallest absolute Gasteiger partial charge is 0.220 e. The van der Waals surface area contributed by atoms with Gasteiger partial charge in [-0.15, -0.1) is 0 Å². The maximum absolute atomic E-state index is 11.6. The fraction of sp³-hybridized carbons (Fsp3) is 0.955. The van der Waals surface area contributed by atoms with Crippen LogP contribution in [0.2, 0.25) is 0 Å². The fourth-order valence-corrected chi connectivity index (χ4v) is 3.19. The molecule has 0 aliphatic carbocycles. The summed E-state index contributed by atoms with van der Waals surface area (Å²) in [6.07, 6.45) is 18.0. The van der Waals surface area contributed by atoms with Crippen molar-refractivity contribution in [2.45, 2.75) is 104 Å². The summed E-state index contributed by atoms with van der Waals surface area (Å²) >= 11 is 0. The Morgan fingerprint density at radius 2 is 1.23 bits per heavy atom. The molecule has 3 N–H and O–H groups in total. The number of aliphatic hydroxyl groups excluding tert-OH is 1. The Labute approximate surface area is 162 Å². The first-order chi connectivity index (χ1) is 12.7. The number of unbranched alkanes of at least 4 members (excludes halogenated alkanes) is 11. The lowest BCUT2D eigenvalue weighted by atomic mass is 10.0. The van der Waals surface area contributed by atoms with Crippen LogP contribution in [-0.2, 0) is 4.79 Å². The molecule has 0 radical (unpaired) electrons. The molecule has 1 amide bonds. The number of nitrogens with one attached hydrogen (secondary N) is 2. The van der Waals surface area contributed by atoms with Crippen LogP contribution in [0.15, 0.2) is 0 Å². The molecule has 0 atom stereocenters. The maximum Gasteiger partial charge on any atom is 0.220 e. The molecule has 4 nitrogen and oxygen atoms in total. The molecule has 156 valence electrons. The molecule has 0 aliphatic rings. The highest BCUT2D eigenvalue weighted by molar-refractivity contribution is 5.75. The van der Waals surface area contributed by atoms with Crippen LogP contribution >= 0.6 is 0 Å². The molecule has 0 bridgehead atoms. The van der Waals surface area contributed by atoms with E-state index in [0.717, 1.165) is 18.9 Å². The molecule has 0 unspecified atom stereocenters. The van der Waals surface area contributed by atoms with Gasteiger partial charge in [-0.3, -0.25) is 4.79 Å². The summed E-state index contributed by atoms with van der Waals surface area (Å²) in [5, 5.41) is 14.6. The van der Waals surface area contributed by atoms with Gasteiger partial charge in [-0.2, -0.15) is 0 Å². The van der Waals surface area contributed by atoms with Gasteiger partial charge in [-0.25, -0.2) is 0 Å². The minimum Gasteiger partial charge on any atom is -0.395 e. The summed E-state index contributed by atoms with van der Waals surface area (Å²) in [6.45, 7) is 6.74. The molecule has 4 heteroatoms. The van der Waals surface area contributed by atoms with Crippen molar-refractivity contribution in [2.75, 3.05) is 26.2 Å². The fourth-order valence-electron chi connectivity index (χ4n) is 3.19. The van der Waals surface area contributed by atoms with Gasteiger partial charge < -0.3 is 15.7 Å². The average molecular weight is 371 g/mol. The first kappa shape index (κ1) is 25.4. The lowest BCUT2D eigenvalue weighted by Crippen LogP contribution is -2.32. The van der Waals surface area contributed by atoms with Crippen LogP contribution in [-0.4, -0.2) is 37.3 Å². The van der Waals surface area contributed by atoms with E-state index in [1.807, 2.05) is 0 Å². The first-order valence-corrected chi connectivity index (χ1v) is 11.2.